The van der Waals surface area contributed by atoms with Gasteiger partial charge in [0.05, 0.1) is 38.9 Å². The Morgan fingerprint density at radius 3 is 1.16 bits per heavy atom. The Bertz CT molecular complexity index is 1990. The number of carboxylic acids is 2. The summed E-state index contributed by atoms with van der Waals surface area (Å²) in [7, 11) is -1.88. The van der Waals surface area contributed by atoms with Gasteiger partial charge in [0.15, 0.2) is 0 Å². The number of rotatable bonds is 4. The zero-order chi connectivity index (χ0) is 42.6. The second kappa shape index (κ2) is 16.9. The van der Waals surface area contributed by atoms with E-state index in [4.69, 9.17) is 20.3 Å². The molecule has 4 aromatic rings. The minimum atomic E-state index is -5.20. The lowest BCUT2D eigenvalue weighted by Crippen LogP contribution is -2.31. The predicted octanol–water partition coefficient (Wildman–Crippen LogP) is 9.97. The summed E-state index contributed by atoms with van der Waals surface area (Å²) in [5, 5.41) is 34.9. The first kappa shape index (κ1) is 46.4. The Balaban J connectivity index is 0.000000314. The van der Waals surface area contributed by atoms with Crippen LogP contribution in [0.5, 0.6) is 0 Å². The van der Waals surface area contributed by atoms with Crippen LogP contribution in [0, 0.1) is 6.92 Å². The summed E-state index contributed by atoms with van der Waals surface area (Å²) in [6, 6.07) is 6.81. The summed E-state index contributed by atoms with van der Waals surface area (Å²) in [6.07, 6.45) is -24.5. The van der Waals surface area contributed by atoms with Crippen molar-refractivity contribution in [3.8, 4) is 11.1 Å². The molecule has 298 valence electrons. The molecule has 23 heteroatoms. The van der Waals surface area contributed by atoms with Crippen LogP contribution < -0.4 is 5.46 Å². The van der Waals surface area contributed by atoms with Crippen molar-refractivity contribution in [2.75, 3.05) is 0 Å². The molecule has 0 heterocycles. The summed E-state index contributed by atoms with van der Waals surface area (Å²) in [6.45, 7) is 1.46. The van der Waals surface area contributed by atoms with Crippen molar-refractivity contribution >= 4 is 40.4 Å². The zero-order valence-electron chi connectivity index (χ0n) is 26.7. The maximum absolute atomic E-state index is 12.9. The molecule has 0 bridgehead atoms. The average molecular weight is 875 g/mol. The molecule has 0 spiro atoms. The average Bonchev–Trinajstić information content (AvgIpc) is 3.02. The van der Waals surface area contributed by atoms with E-state index in [-0.39, 0.29) is 40.3 Å². The smallest absolute Gasteiger partial charge is 0.478 e. The van der Waals surface area contributed by atoms with Crippen molar-refractivity contribution in [3.05, 3.63) is 122 Å². The number of aromatic carboxylic acids is 2. The standard InChI is InChI=1S/C16H7F9O2.C8H8BF3O2.C8H4BrF3O2/c17-14(18,19)10-2-7(1-9(5-10)13(26)27)8-3-11(15(20,21)22)6-12(4-8)16(23,24)25;1-5-2-6(8(10,11)12)4-7(3-5)9(13)14;9-6-2-4(7(13)14)1-5(3-6)8(10,11)12/h1-6H,(H,26,27);2-4,13-14H,1H3;1-3H,(H,13,14). The Hall–Kier alpha value is -4.77. The molecule has 0 atom stereocenters. The first-order valence-electron chi connectivity index (χ1n) is 14.1. The second-order valence-electron chi connectivity index (χ2n) is 10.9. The van der Waals surface area contributed by atoms with Crippen LogP contribution in [-0.2, 0) is 30.9 Å². The van der Waals surface area contributed by atoms with Gasteiger partial charge in [-0.1, -0.05) is 33.6 Å². The van der Waals surface area contributed by atoms with Gasteiger partial charge in [-0.2, -0.15) is 65.9 Å². The Kier molecular flexibility index (Phi) is 14.3. The van der Waals surface area contributed by atoms with Gasteiger partial charge in [0.25, 0.3) is 0 Å². The van der Waals surface area contributed by atoms with Crippen LogP contribution in [0.1, 0.15) is 54.1 Å². The normalized spacial score (nSPS) is 12.2. The molecule has 6 nitrogen and oxygen atoms in total. The van der Waals surface area contributed by atoms with E-state index in [2.05, 4.69) is 15.9 Å². The highest BCUT2D eigenvalue weighted by Gasteiger charge is 2.38. The molecular weight excluding hydrogens is 856 g/mol. The number of aryl methyl sites for hydroxylation is 1. The van der Waals surface area contributed by atoms with E-state index >= 15 is 0 Å². The molecule has 4 rings (SSSR count). The summed E-state index contributed by atoms with van der Waals surface area (Å²) in [4.78, 5) is 21.4. The number of halogens is 16. The number of hydrogen-bond acceptors (Lipinski definition) is 4. The Morgan fingerprint density at radius 2 is 0.800 bits per heavy atom. The summed E-state index contributed by atoms with van der Waals surface area (Å²) in [5.74, 6) is -3.22. The van der Waals surface area contributed by atoms with Crippen LogP contribution in [0.25, 0.3) is 11.1 Å². The van der Waals surface area contributed by atoms with Gasteiger partial charge in [0.1, 0.15) is 0 Å². The van der Waals surface area contributed by atoms with Gasteiger partial charge in [0.2, 0.25) is 0 Å². The third-order valence-electron chi connectivity index (χ3n) is 6.63. The molecule has 4 N–H and O–H groups in total. The van der Waals surface area contributed by atoms with E-state index < -0.39 is 100 Å². The molecule has 0 aliphatic carbocycles. The first-order chi connectivity index (χ1) is 24.7. The fraction of sp³-hybridized carbons (Fsp3) is 0.188. The lowest BCUT2D eigenvalue weighted by Gasteiger charge is -2.16. The second-order valence-corrected chi connectivity index (χ2v) is 11.8. The molecule has 0 radical (unpaired) electrons. The molecule has 0 aliphatic heterocycles. The first-order valence-corrected chi connectivity index (χ1v) is 14.9. The highest BCUT2D eigenvalue weighted by Crippen LogP contribution is 2.40. The molecule has 0 fully saturated rings. The Labute approximate surface area is 306 Å². The van der Waals surface area contributed by atoms with Gasteiger partial charge in [-0.15, -0.1) is 0 Å². The highest BCUT2D eigenvalue weighted by atomic mass is 79.9. The molecule has 0 saturated carbocycles. The lowest BCUT2D eigenvalue weighted by molar-refractivity contribution is -0.143. The minimum Gasteiger partial charge on any atom is -0.478 e. The van der Waals surface area contributed by atoms with Crippen LogP contribution >= 0.6 is 15.9 Å². The third kappa shape index (κ3) is 13.8. The molecule has 4 aromatic carbocycles. The van der Waals surface area contributed by atoms with Gasteiger partial charge in [-0.05, 0) is 84.2 Å². The molecule has 0 aliphatic rings. The third-order valence-corrected chi connectivity index (χ3v) is 7.08. The topological polar surface area (TPSA) is 115 Å². The van der Waals surface area contributed by atoms with E-state index in [9.17, 15) is 75.4 Å². The van der Waals surface area contributed by atoms with E-state index in [0.29, 0.717) is 17.7 Å². The molecule has 0 amide bonds. The number of carboxylic acid groups (broad SMARTS) is 2. The van der Waals surface area contributed by atoms with E-state index in [0.717, 1.165) is 24.3 Å². The van der Waals surface area contributed by atoms with Crippen molar-refractivity contribution in [1.82, 2.24) is 0 Å². The maximum atomic E-state index is 12.9. The predicted molar refractivity (Wildman–Crippen MR) is 166 cm³/mol. The van der Waals surface area contributed by atoms with E-state index in [1.165, 1.54) is 13.0 Å². The molecule has 55 heavy (non-hydrogen) atoms. The number of benzene rings is 4. The van der Waals surface area contributed by atoms with Crippen LogP contribution in [0.15, 0.2) is 77.3 Å². The van der Waals surface area contributed by atoms with Crippen LogP contribution in [0.2, 0.25) is 0 Å². The van der Waals surface area contributed by atoms with Crippen molar-refractivity contribution < 1.29 is 95.7 Å². The van der Waals surface area contributed by atoms with Crippen molar-refractivity contribution in [2.45, 2.75) is 37.8 Å². The quantitative estimate of drug-likeness (QED) is 0.120. The van der Waals surface area contributed by atoms with E-state index in [1.54, 1.807) is 0 Å². The monoisotopic (exact) mass is 874 g/mol. The van der Waals surface area contributed by atoms with Crippen molar-refractivity contribution in [2.24, 2.45) is 0 Å². The highest BCUT2D eigenvalue weighted by molar-refractivity contribution is 9.10. The fourth-order valence-electron chi connectivity index (χ4n) is 4.21. The van der Waals surface area contributed by atoms with Gasteiger partial charge in [-0.25, -0.2) is 9.59 Å². The van der Waals surface area contributed by atoms with Gasteiger partial charge >= 0.3 is 49.9 Å². The van der Waals surface area contributed by atoms with Crippen molar-refractivity contribution in [1.29, 1.82) is 0 Å². The number of carbonyl (C=O) groups is 2. The largest absolute Gasteiger partial charge is 0.488 e. The summed E-state index contributed by atoms with van der Waals surface area (Å²) >= 11 is 2.81. The van der Waals surface area contributed by atoms with Gasteiger partial charge < -0.3 is 20.3 Å². The number of alkyl halides is 15. The molecular formula is C32H19BBrF15O6. The summed E-state index contributed by atoms with van der Waals surface area (Å²) in [5.41, 5.74) is -9.61. The number of hydrogen-bond donors (Lipinski definition) is 4. The maximum Gasteiger partial charge on any atom is 0.488 e. The van der Waals surface area contributed by atoms with Crippen molar-refractivity contribution in [3.63, 3.8) is 0 Å². The fourth-order valence-corrected chi connectivity index (χ4v) is 4.70. The lowest BCUT2D eigenvalue weighted by atomic mass is 9.78. The molecule has 0 unspecified atom stereocenters. The van der Waals surface area contributed by atoms with Gasteiger partial charge in [-0.3, -0.25) is 0 Å². The molecule has 0 saturated heterocycles. The Morgan fingerprint density at radius 1 is 0.473 bits per heavy atom. The van der Waals surface area contributed by atoms with Crippen LogP contribution in [-0.4, -0.2) is 39.3 Å². The summed E-state index contributed by atoms with van der Waals surface area (Å²) < 4.78 is 189. The van der Waals surface area contributed by atoms with Crippen LogP contribution in [0.4, 0.5) is 65.9 Å². The zero-order valence-corrected chi connectivity index (χ0v) is 28.2. The SMILES string of the molecule is Cc1cc(B(O)O)cc(C(F)(F)F)c1.O=C(O)c1cc(-c2cc(C(F)(F)F)cc(C(F)(F)F)c2)cc(C(F)(F)F)c1.O=C(O)c1cc(Br)cc(C(F)(F)F)c1. The minimum absolute atomic E-state index is 0.0877. The van der Waals surface area contributed by atoms with E-state index in [1.807, 2.05) is 0 Å². The molecule has 0 aromatic heterocycles. The van der Waals surface area contributed by atoms with Crippen LogP contribution in [0.3, 0.4) is 0 Å². The van der Waals surface area contributed by atoms with Gasteiger partial charge in [0, 0.05) is 4.47 Å².